The highest BCUT2D eigenvalue weighted by Crippen LogP contribution is 2.25. The number of carbonyl (C=O) groups is 1. The lowest BCUT2D eigenvalue weighted by molar-refractivity contribution is 0.102. The predicted molar refractivity (Wildman–Crippen MR) is 93.9 cm³/mol. The zero-order valence-electron chi connectivity index (χ0n) is 12.2. The van der Waals surface area contributed by atoms with Crippen molar-refractivity contribution in [2.75, 3.05) is 5.32 Å². The van der Waals surface area contributed by atoms with Gasteiger partial charge in [0.15, 0.2) is 10.8 Å². The molecule has 2 heterocycles. The predicted octanol–water partition coefficient (Wildman–Crippen LogP) is 3.78. The van der Waals surface area contributed by atoms with Gasteiger partial charge in [0, 0.05) is 0 Å². The molecule has 0 saturated carbocycles. The third-order valence-electron chi connectivity index (χ3n) is 3.34. The lowest BCUT2D eigenvalue weighted by atomic mass is 10.3. The first-order chi connectivity index (χ1) is 11.7. The second kappa shape index (κ2) is 6.03. The number of amides is 1. The fraction of sp³-hybridized carbons (Fsp3) is 0. The summed E-state index contributed by atoms with van der Waals surface area (Å²) in [5.74, 6) is -0.368. The number of anilines is 1. The Balaban J connectivity index is 1.58. The van der Waals surface area contributed by atoms with Gasteiger partial charge in [-0.25, -0.2) is 9.67 Å². The quantitative estimate of drug-likeness (QED) is 0.607. The molecule has 8 heteroatoms. The van der Waals surface area contributed by atoms with Gasteiger partial charge in [-0.15, -0.1) is 5.10 Å². The minimum Gasteiger partial charge on any atom is -0.296 e. The molecule has 4 rings (SSSR count). The fourth-order valence-electron chi connectivity index (χ4n) is 2.21. The van der Waals surface area contributed by atoms with Gasteiger partial charge in [-0.1, -0.05) is 52.4 Å². The van der Waals surface area contributed by atoms with Gasteiger partial charge >= 0.3 is 0 Å². The number of aromatic nitrogens is 4. The average molecular weight is 356 g/mol. The number of fused-ring (bicyclic) bond motifs is 1. The van der Waals surface area contributed by atoms with E-state index in [4.69, 9.17) is 11.6 Å². The minimum atomic E-state index is -0.368. The second-order valence-corrected chi connectivity index (χ2v) is 6.38. The minimum absolute atomic E-state index is 0.189. The van der Waals surface area contributed by atoms with Crippen LogP contribution in [0.4, 0.5) is 5.13 Å². The highest BCUT2D eigenvalue weighted by molar-refractivity contribution is 7.22. The molecule has 0 aliphatic carbocycles. The van der Waals surface area contributed by atoms with Gasteiger partial charge in [-0.2, -0.15) is 0 Å². The number of nitrogens with zero attached hydrogens (tertiary/aromatic N) is 4. The van der Waals surface area contributed by atoms with Crippen molar-refractivity contribution in [3.05, 3.63) is 65.4 Å². The molecule has 0 aliphatic heterocycles. The summed E-state index contributed by atoms with van der Waals surface area (Å²) in [5, 5.41) is 11.7. The maximum atomic E-state index is 12.3. The summed E-state index contributed by atoms with van der Waals surface area (Å²) in [7, 11) is 0. The zero-order chi connectivity index (χ0) is 16.5. The van der Waals surface area contributed by atoms with E-state index in [1.165, 1.54) is 22.2 Å². The van der Waals surface area contributed by atoms with Crippen molar-refractivity contribution in [3.8, 4) is 5.69 Å². The van der Waals surface area contributed by atoms with Crippen molar-refractivity contribution in [3.63, 3.8) is 0 Å². The zero-order valence-corrected chi connectivity index (χ0v) is 13.8. The van der Waals surface area contributed by atoms with E-state index in [1.54, 1.807) is 12.1 Å². The summed E-state index contributed by atoms with van der Waals surface area (Å²) >= 11 is 7.53. The summed E-state index contributed by atoms with van der Waals surface area (Å²) in [6.07, 6.45) is 1.53. The topological polar surface area (TPSA) is 72.7 Å². The lowest BCUT2D eigenvalue weighted by Crippen LogP contribution is -2.12. The molecular weight excluding hydrogens is 346 g/mol. The Kier molecular flexibility index (Phi) is 3.72. The van der Waals surface area contributed by atoms with E-state index in [1.807, 2.05) is 36.4 Å². The Morgan fingerprint density at radius 2 is 1.92 bits per heavy atom. The van der Waals surface area contributed by atoms with Crippen molar-refractivity contribution < 1.29 is 4.79 Å². The largest absolute Gasteiger partial charge is 0.296 e. The van der Waals surface area contributed by atoms with Crippen LogP contribution in [0, 0.1) is 0 Å². The molecule has 0 bridgehead atoms. The molecule has 0 spiro atoms. The lowest BCUT2D eigenvalue weighted by Gasteiger charge is -2.01. The number of hydrogen-bond acceptors (Lipinski definition) is 5. The van der Waals surface area contributed by atoms with E-state index in [-0.39, 0.29) is 11.6 Å². The highest BCUT2D eigenvalue weighted by atomic mass is 35.5. The number of halogens is 1. The number of para-hydroxylation sites is 2. The van der Waals surface area contributed by atoms with Crippen LogP contribution >= 0.6 is 22.9 Å². The number of nitrogens with one attached hydrogen (secondary N) is 1. The SMILES string of the molecule is O=C(Nc1nc2ccccc2s1)c1cn(-c2ccccc2Cl)nn1. The van der Waals surface area contributed by atoms with Crippen molar-refractivity contribution in [2.45, 2.75) is 0 Å². The average Bonchev–Trinajstić information content (AvgIpc) is 3.21. The molecule has 4 aromatic rings. The monoisotopic (exact) mass is 355 g/mol. The van der Waals surface area contributed by atoms with Crippen LogP contribution in [0.1, 0.15) is 10.5 Å². The van der Waals surface area contributed by atoms with E-state index >= 15 is 0 Å². The van der Waals surface area contributed by atoms with Gasteiger partial charge in [0.05, 0.1) is 27.1 Å². The van der Waals surface area contributed by atoms with Crippen molar-refractivity contribution in [1.29, 1.82) is 0 Å². The molecule has 6 nitrogen and oxygen atoms in total. The third-order valence-corrected chi connectivity index (χ3v) is 4.61. The van der Waals surface area contributed by atoms with E-state index in [0.29, 0.717) is 15.8 Å². The standard InChI is InChI=1S/C16H10ClN5OS/c17-10-5-1-3-7-13(10)22-9-12(20-21-22)15(23)19-16-18-11-6-2-4-8-14(11)24-16/h1-9H,(H,18,19,23). The van der Waals surface area contributed by atoms with Crippen LogP contribution in [0.2, 0.25) is 5.02 Å². The van der Waals surface area contributed by atoms with E-state index in [2.05, 4.69) is 20.6 Å². The summed E-state index contributed by atoms with van der Waals surface area (Å²) < 4.78 is 2.47. The Morgan fingerprint density at radius 3 is 2.75 bits per heavy atom. The highest BCUT2D eigenvalue weighted by Gasteiger charge is 2.14. The first kappa shape index (κ1) is 14.8. The number of rotatable bonds is 3. The molecule has 0 fully saturated rings. The molecule has 0 unspecified atom stereocenters. The summed E-state index contributed by atoms with van der Waals surface area (Å²) in [5.41, 5.74) is 1.69. The normalized spacial score (nSPS) is 10.9. The van der Waals surface area contributed by atoms with E-state index < -0.39 is 0 Å². The molecule has 2 aromatic carbocycles. The van der Waals surface area contributed by atoms with Gasteiger partial charge in [-0.3, -0.25) is 10.1 Å². The molecule has 1 N–H and O–H groups in total. The molecule has 0 radical (unpaired) electrons. The molecule has 1 amide bonds. The molecule has 24 heavy (non-hydrogen) atoms. The molecule has 2 aromatic heterocycles. The van der Waals surface area contributed by atoms with Gasteiger partial charge in [0.1, 0.15) is 0 Å². The van der Waals surface area contributed by atoms with Gasteiger partial charge < -0.3 is 0 Å². The van der Waals surface area contributed by atoms with Crippen LogP contribution in [0.25, 0.3) is 15.9 Å². The summed E-state index contributed by atoms with van der Waals surface area (Å²) in [4.78, 5) is 16.7. The molecule has 0 saturated heterocycles. The Morgan fingerprint density at radius 1 is 1.12 bits per heavy atom. The first-order valence-corrected chi connectivity index (χ1v) is 8.24. The maximum absolute atomic E-state index is 12.3. The number of thiazole rings is 1. The smallest absolute Gasteiger partial charge is 0.279 e. The van der Waals surface area contributed by atoms with Crippen LogP contribution in [0.3, 0.4) is 0 Å². The Bertz CT molecular complexity index is 1010. The van der Waals surface area contributed by atoms with Crippen LogP contribution in [-0.2, 0) is 0 Å². The van der Waals surface area contributed by atoms with E-state index in [9.17, 15) is 4.79 Å². The van der Waals surface area contributed by atoms with Crippen LogP contribution in [-0.4, -0.2) is 25.9 Å². The van der Waals surface area contributed by atoms with Crippen molar-refractivity contribution >= 4 is 44.2 Å². The van der Waals surface area contributed by atoms with Crippen LogP contribution < -0.4 is 5.32 Å². The fourth-order valence-corrected chi connectivity index (χ4v) is 3.29. The maximum Gasteiger partial charge on any atom is 0.279 e. The Labute approximate surface area is 145 Å². The number of hydrogen-bond donors (Lipinski definition) is 1. The van der Waals surface area contributed by atoms with Crippen molar-refractivity contribution in [1.82, 2.24) is 20.0 Å². The Hall–Kier alpha value is -2.77. The number of benzene rings is 2. The first-order valence-electron chi connectivity index (χ1n) is 7.05. The van der Waals surface area contributed by atoms with Gasteiger partial charge in [-0.05, 0) is 24.3 Å². The van der Waals surface area contributed by atoms with Crippen LogP contribution in [0.5, 0.6) is 0 Å². The van der Waals surface area contributed by atoms with E-state index in [0.717, 1.165) is 10.2 Å². The van der Waals surface area contributed by atoms with Crippen LogP contribution in [0.15, 0.2) is 54.7 Å². The number of carbonyl (C=O) groups excluding carboxylic acids is 1. The molecule has 0 atom stereocenters. The van der Waals surface area contributed by atoms with Gasteiger partial charge in [0.2, 0.25) is 0 Å². The second-order valence-electron chi connectivity index (χ2n) is 4.94. The van der Waals surface area contributed by atoms with Gasteiger partial charge in [0.25, 0.3) is 5.91 Å². The van der Waals surface area contributed by atoms with Crippen molar-refractivity contribution in [2.24, 2.45) is 0 Å². The third kappa shape index (κ3) is 2.75. The summed E-state index contributed by atoms with van der Waals surface area (Å²) in [6.45, 7) is 0. The molecule has 118 valence electrons. The molecule has 0 aliphatic rings. The summed E-state index contributed by atoms with van der Waals surface area (Å²) in [6, 6.07) is 14.9. The molecular formula is C16H10ClN5OS.